The summed E-state index contributed by atoms with van der Waals surface area (Å²) < 4.78 is 0. The van der Waals surface area contributed by atoms with Crippen LogP contribution in [0, 0.1) is 0 Å². The van der Waals surface area contributed by atoms with Crippen molar-refractivity contribution >= 4 is 34.8 Å². The quantitative estimate of drug-likeness (QED) is 0.711. The number of phenolic OH excluding ortho intramolecular Hbond substituents is 1. The molecule has 1 aliphatic rings. The second kappa shape index (κ2) is 8.83. The van der Waals surface area contributed by atoms with Crippen molar-refractivity contribution in [3.05, 3.63) is 58.1 Å². The van der Waals surface area contributed by atoms with Gasteiger partial charge < -0.3 is 20.2 Å². The summed E-state index contributed by atoms with van der Waals surface area (Å²) in [4.78, 5) is 15.8. The van der Waals surface area contributed by atoms with Crippen LogP contribution in [0.1, 0.15) is 18.5 Å². The maximum atomic E-state index is 12.4. The van der Waals surface area contributed by atoms with Crippen LogP contribution < -0.4 is 15.1 Å². The molecule has 1 aliphatic heterocycles. The molecule has 1 amide bonds. The Morgan fingerprint density at radius 3 is 2.59 bits per heavy atom. The average molecular weight is 409 g/mol. The van der Waals surface area contributed by atoms with Gasteiger partial charge in [0.2, 0.25) is 0 Å². The lowest BCUT2D eigenvalue weighted by atomic mass is 10.1. The minimum absolute atomic E-state index is 0.000440. The normalized spacial score (nSPS) is 16.2. The highest BCUT2D eigenvalue weighted by atomic mass is 35.5. The molecule has 1 saturated heterocycles. The van der Waals surface area contributed by atoms with Crippen molar-refractivity contribution in [1.29, 1.82) is 0 Å². The van der Waals surface area contributed by atoms with Gasteiger partial charge in [-0.2, -0.15) is 0 Å². The first-order chi connectivity index (χ1) is 12.9. The Kier molecular flexibility index (Phi) is 6.47. The van der Waals surface area contributed by atoms with Crippen LogP contribution in [0.3, 0.4) is 0 Å². The fraction of sp³-hybridized carbons (Fsp3) is 0.350. The molecule has 2 aromatic rings. The van der Waals surface area contributed by atoms with Gasteiger partial charge in [-0.25, -0.2) is 0 Å². The standard InChI is InChI=1S/C20H23Cl2N3O2/c1-14(16-7-6-15(21)12-17(16)22)23-20(27)13-24-8-10-25(11-9-24)18-4-2-3-5-19(18)26/h2-7,12,14,26H,8-11,13H2,1H3,(H,23,27)/p+1/t14-/m1/s1. The number of hydrogen-bond donors (Lipinski definition) is 3. The molecule has 1 fully saturated rings. The van der Waals surface area contributed by atoms with Crippen LogP contribution in [0.15, 0.2) is 42.5 Å². The summed E-state index contributed by atoms with van der Waals surface area (Å²) in [6.45, 7) is 5.63. The van der Waals surface area contributed by atoms with Crippen molar-refractivity contribution in [1.82, 2.24) is 5.32 Å². The maximum Gasteiger partial charge on any atom is 0.275 e. The molecule has 1 atom stereocenters. The third-order valence-corrected chi connectivity index (χ3v) is 5.47. The number of piperazine rings is 1. The molecule has 0 bridgehead atoms. The van der Waals surface area contributed by atoms with E-state index in [1.165, 1.54) is 4.90 Å². The van der Waals surface area contributed by atoms with E-state index in [2.05, 4.69) is 10.2 Å². The minimum Gasteiger partial charge on any atom is -0.506 e. The number of hydrogen-bond acceptors (Lipinski definition) is 3. The summed E-state index contributed by atoms with van der Waals surface area (Å²) in [5.41, 5.74) is 1.71. The summed E-state index contributed by atoms with van der Waals surface area (Å²) in [6, 6.07) is 12.5. The first-order valence-corrected chi connectivity index (χ1v) is 9.80. The molecule has 0 aliphatic carbocycles. The molecule has 1 heterocycles. The summed E-state index contributed by atoms with van der Waals surface area (Å²) in [5.74, 6) is 0.298. The smallest absolute Gasteiger partial charge is 0.275 e. The molecule has 0 unspecified atom stereocenters. The first-order valence-electron chi connectivity index (χ1n) is 9.05. The van der Waals surface area contributed by atoms with Crippen molar-refractivity contribution in [2.45, 2.75) is 13.0 Å². The van der Waals surface area contributed by atoms with Crippen LogP contribution in [0.2, 0.25) is 10.0 Å². The Labute approximate surface area is 169 Å². The molecule has 3 rings (SSSR count). The number of rotatable bonds is 5. The molecule has 3 N–H and O–H groups in total. The van der Waals surface area contributed by atoms with E-state index in [0.29, 0.717) is 22.3 Å². The van der Waals surface area contributed by atoms with E-state index in [1.54, 1.807) is 18.2 Å². The van der Waals surface area contributed by atoms with Gasteiger partial charge in [0.25, 0.3) is 5.91 Å². The van der Waals surface area contributed by atoms with Crippen LogP contribution in [0.4, 0.5) is 5.69 Å². The minimum atomic E-state index is -0.177. The molecule has 144 valence electrons. The van der Waals surface area contributed by atoms with Crippen molar-refractivity contribution in [2.75, 3.05) is 37.6 Å². The fourth-order valence-corrected chi connectivity index (χ4v) is 3.99. The van der Waals surface area contributed by atoms with Gasteiger partial charge in [0.1, 0.15) is 5.75 Å². The van der Waals surface area contributed by atoms with E-state index < -0.39 is 0 Å². The van der Waals surface area contributed by atoms with Gasteiger partial charge >= 0.3 is 0 Å². The molecular weight excluding hydrogens is 385 g/mol. The number of carbonyl (C=O) groups is 1. The van der Waals surface area contributed by atoms with E-state index in [9.17, 15) is 9.90 Å². The Morgan fingerprint density at radius 2 is 1.93 bits per heavy atom. The van der Waals surface area contributed by atoms with Crippen molar-refractivity contribution in [3.8, 4) is 5.75 Å². The number of nitrogens with one attached hydrogen (secondary N) is 2. The van der Waals surface area contributed by atoms with Gasteiger partial charge in [0, 0.05) is 10.0 Å². The molecular formula is C20H24Cl2N3O2+. The molecule has 0 radical (unpaired) electrons. The third kappa shape index (κ3) is 5.06. The van der Waals surface area contributed by atoms with E-state index in [-0.39, 0.29) is 11.9 Å². The van der Waals surface area contributed by atoms with Gasteiger partial charge in [-0.15, -0.1) is 0 Å². The molecule has 0 saturated carbocycles. The second-order valence-corrected chi connectivity index (χ2v) is 7.70. The topological polar surface area (TPSA) is 57.0 Å². The van der Waals surface area contributed by atoms with Crippen LogP contribution in [-0.2, 0) is 4.79 Å². The Hall–Kier alpha value is -1.95. The van der Waals surface area contributed by atoms with E-state index in [0.717, 1.165) is 37.4 Å². The highest BCUT2D eigenvalue weighted by molar-refractivity contribution is 6.35. The van der Waals surface area contributed by atoms with Crippen molar-refractivity contribution in [3.63, 3.8) is 0 Å². The second-order valence-electron chi connectivity index (χ2n) is 6.86. The molecule has 0 spiro atoms. The summed E-state index contributed by atoms with van der Waals surface area (Å²) in [6.07, 6.45) is 0. The molecule has 2 aromatic carbocycles. The largest absolute Gasteiger partial charge is 0.506 e. The zero-order chi connectivity index (χ0) is 19.4. The number of benzene rings is 2. The fourth-order valence-electron chi connectivity index (χ4n) is 3.42. The number of carbonyl (C=O) groups excluding carboxylic acids is 1. The van der Waals surface area contributed by atoms with Crippen molar-refractivity contribution < 1.29 is 14.8 Å². The number of halogens is 2. The zero-order valence-corrected chi connectivity index (χ0v) is 16.7. The predicted octanol–water partition coefficient (Wildman–Crippen LogP) is 2.28. The number of anilines is 1. The Morgan fingerprint density at radius 1 is 1.22 bits per heavy atom. The van der Waals surface area contributed by atoms with E-state index in [1.807, 2.05) is 31.2 Å². The number of nitrogens with zero attached hydrogens (tertiary/aromatic N) is 1. The number of aromatic hydroxyl groups is 1. The van der Waals surface area contributed by atoms with Crippen molar-refractivity contribution in [2.24, 2.45) is 0 Å². The van der Waals surface area contributed by atoms with Crippen LogP contribution >= 0.6 is 23.2 Å². The lowest BCUT2D eigenvalue weighted by molar-refractivity contribution is -0.892. The average Bonchev–Trinajstić information content (AvgIpc) is 2.62. The number of phenols is 1. The van der Waals surface area contributed by atoms with Crippen LogP contribution in [0.5, 0.6) is 5.75 Å². The summed E-state index contributed by atoms with van der Waals surface area (Å²) in [7, 11) is 0. The molecule has 0 aromatic heterocycles. The lowest BCUT2D eigenvalue weighted by Crippen LogP contribution is -3.15. The number of amides is 1. The third-order valence-electron chi connectivity index (χ3n) is 4.91. The zero-order valence-electron chi connectivity index (χ0n) is 15.2. The van der Waals surface area contributed by atoms with Gasteiger partial charge in [0.15, 0.2) is 6.54 Å². The van der Waals surface area contributed by atoms with Gasteiger partial charge in [-0.05, 0) is 36.8 Å². The summed E-state index contributed by atoms with van der Waals surface area (Å²) >= 11 is 12.1. The predicted molar refractivity (Wildman–Crippen MR) is 109 cm³/mol. The highest BCUT2D eigenvalue weighted by Gasteiger charge is 2.24. The highest BCUT2D eigenvalue weighted by Crippen LogP contribution is 2.27. The first kappa shape index (κ1) is 19.8. The maximum absolute atomic E-state index is 12.4. The van der Waals surface area contributed by atoms with Gasteiger partial charge in [-0.3, -0.25) is 4.79 Å². The Bertz CT molecular complexity index is 808. The Balaban J connectivity index is 1.50. The molecule has 27 heavy (non-hydrogen) atoms. The molecule has 7 heteroatoms. The van der Waals surface area contributed by atoms with E-state index in [4.69, 9.17) is 23.2 Å². The van der Waals surface area contributed by atoms with Crippen LogP contribution in [-0.4, -0.2) is 43.7 Å². The SMILES string of the molecule is C[C@@H](NC(=O)C[NH+]1CCN(c2ccccc2O)CC1)c1ccc(Cl)cc1Cl. The molecule has 5 nitrogen and oxygen atoms in total. The number of quaternary nitrogens is 1. The van der Waals surface area contributed by atoms with Gasteiger partial charge in [-0.1, -0.05) is 41.4 Å². The monoisotopic (exact) mass is 408 g/mol. The number of para-hydroxylation sites is 2. The van der Waals surface area contributed by atoms with E-state index >= 15 is 0 Å². The summed E-state index contributed by atoms with van der Waals surface area (Å²) in [5, 5.41) is 14.1. The van der Waals surface area contributed by atoms with Gasteiger partial charge in [0.05, 0.1) is 37.9 Å². The lowest BCUT2D eigenvalue weighted by Gasteiger charge is -2.33. The van der Waals surface area contributed by atoms with Crippen LogP contribution in [0.25, 0.3) is 0 Å².